The fourth-order valence-corrected chi connectivity index (χ4v) is 4.68. The molecule has 0 atom stereocenters. The lowest BCUT2D eigenvalue weighted by molar-refractivity contribution is -2.00. The smallest absolute Gasteiger partial charge is 0.222 e. The van der Waals surface area contributed by atoms with Crippen LogP contribution in [0.15, 0.2) is 40.9 Å². The fraction of sp³-hybridized carbons (Fsp3) is 0.200. The van der Waals surface area contributed by atoms with Gasteiger partial charge in [0.2, 0.25) is 0 Å². The van der Waals surface area contributed by atoms with Gasteiger partial charge in [0.05, 0.1) is 0 Å². The SMILES string of the molecule is Cc1cc(C)c([I+]c2ccc(Br)cc2)c(C)c1.[O-][Cl+3]([O-])([O-])[O-]. The van der Waals surface area contributed by atoms with Gasteiger partial charge in [-0.3, -0.25) is 0 Å². The summed E-state index contributed by atoms with van der Waals surface area (Å²) in [4.78, 5) is 0. The predicted molar refractivity (Wildman–Crippen MR) is 72.2 cm³/mol. The summed E-state index contributed by atoms with van der Waals surface area (Å²) in [7, 11) is -4.94. The maximum Gasteiger partial charge on any atom is 0.358 e. The predicted octanol–water partition coefficient (Wildman–Crippen LogP) is -3.25. The van der Waals surface area contributed by atoms with E-state index >= 15 is 0 Å². The second-order valence-electron chi connectivity index (χ2n) is 4.62. The molecular weight excluding hydrogens is 486 g/mol. The van der Waals surface area contributed by atoms with Gasteiger partial charge in [0.25, 0.3) is 0 Å². The van der Waals surface area contributed by atoms with Crippen molar-refractivity contribution in [2.45, 2.75) is 20.8 Å². The van der Waals surface area contributed by atoms with Crippen molar-refractivity contribution < 1.29 is 50.1 Å². The Bertz CT molecular complexity index is 597. The largest absolute Gasteiger partial charge is 0.358 e. The van der Waals surface area contributed by atoms with Crippen LogP contribution in [0.1, 0.15) is 16.7 Å². The Morgan fingerprint density at radius 1 is 0.864 bits per heavy atom. The Kier molecular flexibility index (Phi) is 7.73. The van der Waals surface area contributed by atoms with E-state index in [1.54, 1.807) is 3.57 Å². The molecule has 0 unspecified atom stereocenters. The standard InChI is InChI=1S/C15H15BrI.ClHO4/c1-10-8-11(2)15(12(3)9-10)17-14-6-4-13(16)5-7-14;2-1(3,4)5/h4-9H,1-3H3;(H,2,3,4,5)/q+1;/p-1. The first-order valence-corrected chi connectivity index (χ1v) is 10.3. The van der Waals surface area contributed by atoms with E-state index in [0.29, 0.717) is 0 Å². The molecule has 0 aliphatic rings. The van der Waals surface area contributed by atoms with Crippen molar-refractivity contribution >= 4 is 15.9 Å². The number of hydrogen-bond acceptors (Lipinski definition) is 4. The zero-order valence-corrected chi connectivity index (χ0v) is 16.7. The van der Waals surface area contributed by atoms with Crippen molar-refractivity contribution in [3.8, 4) is 0 Å². The molecule has 0 amide bonds. The zero-order valence-electron chi connectivity index (χ0n) is 12.2. The highest BCUT2D eigenvalue weighted by Gasteiger charge is 2.20. The highest BCUT2D eigenvalue weighted by molar-refractivity contribution is 9.10. The molecule has 0 aliphatic heterocycles. The summed E-state index contributed by atoms with van der Waals surface area (Å²) < 4.78 is 38.2. The number of aryl methyl sites for hydroxylation is 3. The quantitative estimate of drug-likeness (QED) is 0.404. The lowest BCUT2D eigenvalue weighted by atomic mass is 10.1. The lowest BCUT2D eigenvalue weighted by Crippen LogP contribution is -3.62. The number of hydrogen-bond donors (Lipinski definition) is 0. The van der Waals surface area contributed by atoms with Gasteiger partial charge in [-0.2, -0.15) is 0 Å². The molecule has 22 heavy (non-hydrogen) atoms. The van der Waals surface area contributed by atoms with E-state index in [1.807, 2.05) is 0 Å². The Labute approximate surface area is 150 Å². The Hall–Kier alpha value is -0.220. The van der Waals surface area contributed by atoms with E-state index in [4.69, 9.17) is 18.6 Å². The molecule has 0 radical (unpaired) electrons. The minimum atomic E-state index is -4.94. The van der Waals surface area contributed by atoms with Crippen molar-refractivity contribution in [2.24, 2.45) is 0 Å². The molecule has 0 aromatic heterocycles. The Balaban J connectivity index is 0.000000422. The van der Waals surface area contributed by atoms with E-state index in [2.05, 4.69) is 73.1 Å². The second kappa shape index (κ2) is 8.58. The molecule has 0 saturated carbocycles. The molecule has 0 spiro atoms. The molecule has 2 aromatic carbocycles. The molecule has 0 heterocycles. The summed E-state index contributed by atoms with van der Waals surface area (Å²) in [6.45, 7) is 6.63. The van der Waals surface area contributed by atoms with Crippen LogP contribution >= 0.6 is 15.9 Å². The van der Waals surface area contributed by atoms with Crippen LogP contribution in [0.5, 0.6) is 0 Å². The van der Waals surface area contributed by atoms with Crippen LogP contribution in [0.4, 0.5) is 0 Å². The molecule has 7 heteroatoms. The highest BCUT2D eigenvalue weighted by atomic mass is 127. The van der Waals surface area contributed by atoms with E-state index in [9.17, 15) is 0 Å². The third-order valence-corrected chi connectivity index (χ3v) is 6.70. The van der Waals surface area contributed by atoms with E-state index in [0.717, 1.165) is 4.47 Å². The van der Waals surface area contributed by atoms with E-state index in [1.165, 1.54) is 20.3 Å². The summed E-state index contributed by atoms with van der Waals surface area (Å²) >= 11 is 3.42. The first-order chi connectivity index (χ1) is 10.1. The normalized spacial score (nSPS) is 10.9. The van der Waals surface area contributed by atoms with Crippen molar-refractivity contribution in [3.05, 3.63) is 64.7 Å². The van der Waals surface area contributed by atoms with Gasteiger partial charge in [-0.1, -0.05) is 33.6 Å². The first kappa shape index (κ1) is 19.8. The summed E-state index contributed by atoms with van der Waals surface area (Å²) in [5, 5.41) is 0. The van der Waals surface area contributed by atoms with Gasteiger partial charge in [0.1, 0.15) is 0 Å². The molecule has 2 aromatic rings. The van der Waals surface area contributed by atoms with Gasteiger partial charge in [0, 0.05) is 15.6 Å². The molecule has 0 bridgehead atoms. The summed E-state index contributed by atoms with van der Waals surface area (Å²) in [6, 6.07) is 13.3. The Morgan fingerprint density at radius 3 is 1.68 bits per heavy atom. The fourth-order valence-electron chi connectivity index (χ4n) is 1.91. The highest BCUT2D eigenvalue weighted by Crippen LogP contribution is 2.08. The van der Waals surface area contributed by atoms with Crippen LogP contribution in [0.2, 0.25) is 0 Å². The van der Waals surface area contributed by atoms with Crippen LogP contribution in [0, 0.1) is 38.2 Å². The second-order valence-corrected chi connectivity index (χ2v) is 9.16. The third-order valence-electron chi connectivity index (χ3n) is 2.59. The maximum absolute atomic E-state index is 8.49. The summed E-state index contributed by atoms with van der Waals surface area (Å²) in [5.74, 6) is 0. The molecule has 0 fully saturated rings. The van der Waals surface area contributed by atoms with Crippen LogP contribution in [-0.4, -0.2) is 0 Å². The van der Waals surface area contributed by atoms with Crippen LogP contribution < -0.4 is 39.8 Å². The van der Waals surface area contributed by atoms with E-state index in [-0.39, 0.29) is 21.2 Å². The van der Waals surface area contributed by atoms with Crippen LogP contribution in [-0.2, 0) is 0 Å². The van der Waals surface area contributed by atoms with Gasteiger partial charge >= 0.3 is 21.2 Å². The van der Waals surface area contributed by atoms with Crippen LogP contribution in [0.25, 0.3) is 0 Å². The van der Waals surface area contributed by atoms with Crippen molar-refractivity contribution in [2.75, 3.05) is 0 Å². The number of halogens is 3. The third kappa shape index (κ3) is 7.87. The van der Waals surface area contributed by atoms with Crippen molar-refractivity contribution in [3.63, 3.8) is 0 Å². The first-order valence-electron chi connectivity index (χ1n) is 6.16. The average molecular weight is 502 g/mol. The number of benzene rings is 2. The van der Waals surface area contributed by atoms with Gasteiger partial charge in [-0.05, 0) is 45.0 Å². The molecule has 0 aliphatic carbocycles. The molecule has 2 rings (SSSR count). The lowest BCUT2D eigenvalue weighted by Gasteiger charge is -2.17. The molecule has 0 N–H and O–H groups in total. The minimum Gasteiger partial charge on any atom is -0.222 e. The minimum absolute atomic E-state index is 0.0611. The number of rotatable bonds is 2. The van der Waals surface area contributed by atoms with Gasteiger partial charge < -0.3 is 0 Å². The monoisotopic (exact) mass is 500 g/mol. The molecule has 4 nitrogen and oxygen atoms in total. The van der Waals surface area contributed by atoms with Crippen LogP contribution in [0.3, 0.4) is 0 Å². The van der Waals surface area contributed by atoms with Gasteiger partial charge in [-0.15, -0.1) is 10.2 Å². The molecule has 120 valence electrons. The van der Waals surface area contributed by atoms with Gasteiger partial charge in [0.15, 0.2) is 7.14 Å². The summed E-state index contributed by atoms with van der Waals surface area (Å²) in [6.07, 6.45) is 0. The van der Waals surface area contributed by atoms with Crippen molar-refractivity contribution in [1.82, 2.24) is 0 Å². The van der Waals surface area contributed by atoms with Crippen molar-refractivity contribution in [1.29, 1.82) is 0 Å². The maximum atomic E-state index is 8.49. The topological polar surface area (TPSA) is 92.2 Å². The average Bonchev–Trinajstić information content (AvgIpc) is 2.34. The summed E-state index contributed by atoms with van der Waals surface area (Å²) in [5.41, 5.74) is 4.25. The Morgan fingerprint density at radius 2 is 1.27 bits per heavy atom. The van der Waals surface area contributed by atoms with E-state index < -0.39 is 10.2 Å². The molecule has 0 saturated heterocycles. The van der Waals surface area contributed by atoms with Gasteiger partial charge in [-0.25, -0.2) is 18.6 Å². The zero-order chi connectivity index (χ0) is 16.9. The molecular formula is C15H15BrClIO4.